The molecule has 0 fully saturated rings. The molecule has 2 aromatic carbocycles. The summed E-state index contributed by atoms with van der Waals surface area (Å²) in [7, 11) is 2.04. The van der Waals surface area contributed by atoms with Crippen molar-refractivity contribution in [2.45, 2.75) is 71.7 Å². The lowest BCUT2D eigenvalue weighted by molar-refractivity contribution is -0.158. The number of ether oxygens (including phenoxy) is 2. The van der Waals surface area contributed by atoms with Crippen molar-refractivity contribution in [2.75, 3.05) is 18.6 Å². The number of hydrogen-bond donors (Lipinski definition) is 0. The number of nitrogens with zero attached hydrogens (tertiary/aromatic N) is 2. The molecule has 0 N–H and O–H groups in total. The molecule has 1 aliphatic rings. The largest absolute Gasteiger partial charge is 0.476 e. The SMILES string of the molecule is CCOC(=O)C(C)(C)Oc1ccc(N(C)Cc2ccc(-c3ccc(C(F)(F)F)cc3)nc2C)c2c1CCCC2. The van der Waals surface area contributed by atoms with E-state index >= 15 is 0 Å². The van der Waals surface area contributed by atoms with Crippen LogP contribution in [0.1, 0.15) is 61.6 Å². The molecule has 0 bridgehead atoms. The molecule has 3 aromatic rings. The lowest BCUT2D eigenvalue weighted by Crippen LogP contribution is -2.40. The minimum atomic E-state index is -4.36. The number of aryl methyl sites for hydroxylation is 1. The predicted molar refractivity (Wildman–Crippen MR) is 146 cm³/mol. The summed E-state index contributed by atoms with van der Waals surface area (Å²) in [5.74, 6) is 0.331. The highest BCUT2D eigenvalue weighted by Gasteiger charge is 2.33. The fourth-order valence-corrected chi connectivity index (χ4v) is 4.98. The molecular formula is C31H35F3N2O3. The Balaban J connectivity index is 1.55. The lowest BCUT2D eigenvalue weighted by atomic mass is 9.89. The van der Waals surface area contributed by atoms with Crippen molar-refractivity contribution in [3.63, 3.8) is 0 Å². The molecule has 8 heteroatoms. The number of alkyl halides is 3. The predicted octanol–water partition coefficient (Wildman–Crippen LogP) is 7.31. The van der Waals surface area contributed by atoms with E-state index in [1.807, 2.05) is 38.2 Å². The van der Waals surface area contributed by atoms with Crippen LogP contribution in [0.25, 0.3) is 11.3 Å². The molecule has 208 valence electrons. The van der Waals surface area contributed by atoms with Gasteiger partial charge in [-0.25, -0.2) is 4.79 Å². The first kappa shape index (κ1) is 28.5. The van der Waals surface area contributed by atoms with Crippen LogP contribution in [0, 0.1) is 6.92 Å². The number of benzene rings is 2. The first-order valence-corrected chi connectivity index (χ1v) is 13.3. The average Bonchev–Trinajstić information content (AvgIpc) is 2.89. The number of esters is 1. The molecule has 0 saturated carbocycles. The van der Waals surface area contributed by atoms with E-state index in [4.69, 9.17) is 9.47 Å². The third-order valence-corrected chi connectivity index (χ3v) is 7.12. The van der Waals surface area contributed by atoms with E-state index in [1.165, 1.54) is 17.7 Å². The number of halogens is 3. The van der Waals surface area contributed by atoms with Crippen LogP contribution in [0.2, 0.25) is 0 Å². The van der Waals surface area contributed by atoms with Crippen molar-refractivity contribution < 1.29 is 27.4 Å². The summed E-state index contributed by atoms with van der Waals surface area (Å²) in [6.45, 7) is 8.06. The second-order valence-corrected chi connectivity index (χ2v) is 10.5. The highest BCUT2D eigenvalue weighted by atomic mass is 19.4. The molecular weight excluding hydrogens is 505 g/mol. The third kappa shape index (κ3) is 6.37. The quantitative estimate of drug-likeness (QED) is 0.281. The summed E-state index contributed by atoms with van der Waals surface area (Å²) in [5, 5.41) is 0. The first-order chi connectivity index (χ1) is 18.4. The maximum absolute atomic E-state index is 12.9. The van der Waals surface area contributed by atoms with Gasteiger partial charge in [0.1, 0.15) is 5.75 Å². The van der Waals surface area contributed by atoms with Crippen LogP contribution in [0.5, 0.6) is 5.75 Å². The molecule has 0 radical (unpaired) electrons. The Morgan fingerprint density at radius 2 is 1.64 bits per heavy atom. The number of pyridine rings is 1. The van der Waals surface area contributed by atoms with Gasteiger partial charge in [-0.1, -0.05) is 18.2 Å². The van der Waals surface area contributed by atoms with E-state index in [-0.39, 0.29) is 0 Å². The highest BCUT2D eigenvalue weighted by molar-refractivity contribution is 5.79. The van der Waals surface area contributed by atoms with Gasteiger partial charge in [0.25, 0.3) is 0 Å². The van der Waals surface area contributed by atoms with Gasteiger partial charge in [-0.3, -0.25) is 4.98 Å². The summed E-state index contributed by atoms with van der Waals surface area (Å²) in [6, 6.07) is 12.9. The maximum Gasteiger partial charge on any atom is 0.416 e. The van der Waals surface area contributed by atoms with E-state index in [9.17, 15) is 18.0 Å². The number of carbonyl (C=O) groups is 1. The van der Waals surface area contributed by atoms with Crippen LogP contribution < -0.4 is 9.64 Å². The van der Waals surface area contributed by atoms with E-state index < -0.39 is 23.3 Å². The Bertz CT molecular complexity index is 1330. The molecule has 0 atom stereocenters. The van der Waals surface area contributed by atoms with Gasteiger partial charge in [-0.2, -0.15) is 13.2 Å². The topological polar surface area (TPSA) is 51.7 Å². The van der Waals surface area contributed by atoms with E-state index in [2.05, 4.69) is 9.88 Å². The van der Waals surface area contributed by atoms with Gasteiger partial charge in [-0.05, 0) is 100 Å². The fourth-order valence-electron chi connectivity index (χ4n) is 4.98. The molecule has 0 spiro atoms. The maximum atomic E-state index is 12.9. The van der Waals surface area contributed by atoms with Gasteiger partial charge >= 0.3 is 12.1 Å². The van der Waals surface area contributed by atoms with Gasteiger partial charge in [0.05, 0.1) is 17.9 Å². The van der Waals surface area contributed by atoms with Crippen molar-refractivity contribution in [3.05, 3.63) is 76.5 Å². The van der Waals surface area contributed by atoms with Crippen molar-refractivity contribution in [2.24, 2.45) is 0 Å². The smallest absolute Gasteiger partial charge is 0.416 e. The molecule has 0 amide bonds. The molecule has 0 aliphatic heterocycles. The van der Waals surface area contributed by atoms with E-state index in [0.717, 1.165) is 66.1 Å². The second-order valence-electron chi connectivity index (χ2n) is 10.5. The van der Waals surface area contributed by atoms with Crippen LogP contribution in [0.4, 0.5) is 18.9 Å². The summed E-state index contributed by atoms with van der Waals surface area (Å²) < 4.78 is 50.1. The van der Waals surface area contributed by atoms with Gasteiger partial charge in [0.15, 0.2) is 5.60 Å². The van der Waals surface area contributed by atoms with Gasteiger partial charge in [-0.15, -0.1) is 0 Å². The number of anilines is 1. The number of carbonyl (C=O) groups excluding carboxylic acids is 1. The molecule has 0 unspecified atom stereocenters. The standard InChI is InChI=1S/C31H35F3N2O3/c1-6-38-29(37)30(3,4)39-28-18-17-27(24-9-7-8-10-25(24)28)36(5)19-22-13-16-26(35-20(22)2)21-11-14-23(15-12-21)31(32,33)34/h11-18H,6-10,19H2,1-5H3. The molecule has 4 rings (SSSR count). The van der Waals surface area contributed by atoms with Gasteiger partial charge < -0.3 is 14.4 Å². The summed E-state index contributed by atoms with van der Waals surface area (Å²) >= 11 is 0. The van der Waals surface area contributed by atoms with Crippen LogP contribution in [0.3, 0.4) is 0 Å². The molecule has 1 aromatic heterocycles. The van der Waals surface area contributed by atoms with E-state index in [1.54, 1.807) is 20.8 Å². The first-order valence-electron chi connectivity index (χ1n) is 13.3. The summed E-state index contributed by atoms with van der Waals surface area (Å²) in [5.41, 5.74) is 4.83. The molecule has 0 saturated heterocycles. The van der Waals surface area contributed by atoms with Crippen LogP contribution in [-0.4, -0.2) is 30.2 Å². The minimum Gasteiger partial charge on any atom is -0.476 e. The van der Waals surface area contributed by atoms with Crippen LogP contribution >= 0.6 is 0 Å². The zero-order valence-corrected chi connectivity index (χ0v) is 23.1. The Morgan fingerprint density at radius 1 is 0.974 bits per heavy atom. The Labute approximate surface area is 228 Å². The lowest BCUT2D eigenvalue weighted by Gasteiger charge is -2.31. The Kier molecular flexibility index (Phi) is 8.23. The summed E-state index contributed by atoms with van der Waals surface area (Å²) in [6.07, 6.45) is -0.410. The van der Waals surface area contributed by atoms with Crippen molar-refractivity contribution in [1.29, 1.82) is 0 Å². The monoisotopic (exact) mass is 540 g/mol. The van der Waals surface area contributed by atoms with Crippen molar-refractivity contribution in [3.8, 4) is 17.0 Å². The zero-order chi connectivity index (χ0) is 28.4. The van der Waals surface area contributed by atoms with Gasteiger partial charge in [0.2, 0.25) is 0 Å². The zero-order valence-electron chi connectivity index (χ0n) is 23.1. The second kappa shape index (κ2) is 11.3. The number of hydrogen-bond acceptors (Lipinski definition) is 5. The molecule has 39 heavy (non-hydrogen) atoms. The molecule has 5 nitrogen and oxygen atoms in total. The van der Waals surface area contributed by atoms with Crippen LogP contribution in [-0.2, 0) is 35.1 Å². The fraction of sp³-hybridized carbons (Fsp3) is 0.419. The number of aromatic nitrogens is 1. The average molecular weight is 541 g/mol. The summed E-state index contributed by atoms with van der Waals surface area (Å²) in [4.78, 5) is 19.3. The minimum absolute atomic E-state index is 0.299. The van der Waals surface area contributed by atoms with Crippen molar-refractivity contribution in [1.82, 2.24) is 4.98 Å². The Hall–Kier alpha value is -3.55. The number of rotatable bonds is 8. The highest BCUT2D eigenvalue weighted by Crippen LogP contribution is 2.38. The third-order valence-electron chi connectivity index (χ3n) is 7.12. The van der Waals surface area contributed by atoms with Crippen LogP contribution in [0.15, 0.2) is 48.5 Å². The van der Waals surface area contributed by atoms with E-state index in [0.29, 0.717) is 24.4 Å². The molecule has 1 aliphatic carbocycles. The van der Waals surface area contributed by atoms with Gasteiger partial charge in [0, 0.05) is 30.5 Å². The normalized spacial score (nSPS) is 13.5. The van der Waals surface area contributed by atoms with Crippen molar-refractivity contribution >= 4 is 11.7 Å². The Morgan fingerprint density at radius 3 is 2.26 bits per heavy atom. The number of fused-ring (bicyclic) bond motifs is 1. The molecule has 1 heterocycles.